The first-order chi connectivity index (χ1) is 30.0. The van der Waals surface area contributed by atoms with E-state index in [0.29, 0.717) is 32.3 Å². The first kappa shape index (κ1) is 55.3. The molecular formula is C48H85N4O9P. The van der Waals surface area contributed by atoms with Crippen molar-refractivity contribution in [3.05, 3.63) is 36.0 Å². The second kappa shape index (κ2) is 34.6. The second-order valence-corrected chi connectivity index (χ2v) is 18.5. The fourth-order valence-corrected chi connectivity index (χ4v) is 8.33. The van der Waals surface area contributed by atoms with E-state index in [4.69, 9.17) is 18.5 Å². The minimum absolute atomic E-state index is 0.0718. The highest BCUT2D eigenvalue weighted by Crippen LogP contribution is 2.43. The van der Waals surface area contributed by atoms with Gasteiger partial charge in [-0.15, -0.1) is 0 Å². The lowest BCUT2D eigenvalue weighted by Crippen LogP contribution is -2.50. The van der Waals surface area contributed by atoms with E-state index in [1.807, 2.05) is 38.2 Å². The van der Waals surface area contributed by atoms with Crippen LogP contribution < -0.4 is 16.0 Å². The Hall–Kier alpha value is -2.80. The van der Waals surface area contributed by atoms with E-state index in [2.05, 4.69) is 40.8 Å². The number of carbonyl (C=O) groups is 3. The van der Waals surface area contributed by atoms with E-state index in [9.17, 15) is 23.8 Å². The molecule has 13 nitrogen and oxygen atoms in total. The van der Waals surface area contributed by atoms with Crippen LogP contribution in [0.3, 0.4) is 0 Å². The molecule has 1 aromatic heterocycles. The standard InChI is InChI=1S/C48H85N4O9P/c1-6-9-11-13-14-15-16-17-18-20-22-30-45(53)51-41(37-59-34-32-42(58-5)27-21-19-12-10-7-2)38-61-62(56,57)60-35-33-49-48(55)47(39(4)8-3)52-46(54)31-25-26-40-36-50-44-29-24-23-28-43(40)44/h23-24,28-29,36,39,41-42,47,50H,6-22,25-27,30-35,37-38H2,1-5H3,(H,49,55)(H,51,53)(H,52,54)(H,56,57)/t39-,41+,42+,47-/m0/s1. The van der Waals surface area contributed by atoms with Gasteiger partial charge >= 0.3 is 7.82 Å². The molecule has 0 aliphatic heterocycles. The molecule has 0 fully saturated rings. The van der Waals surface area contributed by atoms with Crippen molar-refractivity contribution < 1.29 is 42.4 Å². The summed E-state index contributed by atoms with van der Waals surface area (Å²) < 4.78 is 35.1. The maximum atomic E-state index is 13.2. The number of aromatic amines is 1. The molecule has 0 saturated carbocycles. The number of para-hydroxylation sites is 1. The van der Waals surface area contributed by atoms with Gasteiger partial charge in [-0.3, -0.25) is 23.4 Å². The highest BCUT2D eigenvalue weighted by molar-refractivity contribution is 7.47. The summed E-state index contributed by atoms with van der Waals surface area (Å²) in [5, 5.41) is 9.68. The van der Waals surface area contributed by atoms with Gasteiger partial charge in [0, 0.05) is 50.2 Å². The number of unbranched alkanes of at least 4 members (excludes halogenated alkanes) is 14. The number of methoxy groups -OCH3 is 1. The first-order valence-corrected chi connectivity index (χ1v) is 25.7. The van der Waals surface area contributed by atoms with Gasteiger partial charge in [-0.2, -0.15) is 0 Å². The summed E-state index contributed by atoms with van der Waals surface area (Å²) in [5.74, 6) is -0.906. The van der Waals surface area contributed by atoms with Crippen molar-refractivity contribution in [3.63, 3.8) is 0 Å². The number of aromatic nitrogens is 1. The van der Waals surface area contributed by atoms with Crippen molar-refractivity contribution in [2.45, 2.75) is 194 Å². The smallest absolute Gasteiger partial charge is 0.381 e. The van der Waals surface area contributed by atoms with E-state index in [0.717, 1.165) is 55.0 Å². The van der Waals surface area contributed by atoms with Gasteiger partial charge in [0.05, 0.1) is 32.0 Å². The summed E-state index contributed by atoms with van der Waals surface area (Å²) in [5.41, 5.74) is 2.20. The van der Waals surface area contributed by atoms with Crippen molar-refractivity contribution >= 4 is 36.4 Å². The number of nitrogens with one attached hydrogen (secondary N) is 4. The van der Waals surface area contributed by atoms with Crippen molar-refractivity contribution in [1.82, 2.24) is 20.9 Å². The fraction of sp³-hybridized carbons (Fsp3) is 0.771. The first-order valence-electron chi connectivity index (χ1n) is 24.2. The molecular weight excluding hydrogens is 808 g/mol. The van der Waals surface area contributed by atoms with E-state index < -0.39 is 25.8 Å². The molecule has 0 spiro atoms. The van der Waals surface area contributed by atoms with Crippen LogP contribution in [0.15, 0.2) is 30.5 Å². The average Bonchev–Trinajstić information content (AvgIpc) is 3.68. The lowest BCUT2D eigenvalue weighted by Gasteiger charge is -2.24. The maximum absolute atomic E-state index is 13.2. The molecule has 62 heavy (non-hydrogen) atoms. The molecule has 1 unspecified atom stereocenters. The van der Waals surface area contributed by atoms with Crippen LogP contribution in [0, 0.1) is 5.92 Å². The van der Waals surface area contributed by atoms with Crippen molar-refractivity contribution in [3.8, 4) is 0 Å². The van der Waals surface area contributed by atoms with Gasteiger partial charge in [-0.1, -0.05) is 149 Å². The number of carbonyl (C=O) groups excluding carboxylic acids is 3. The Morgan fingerprint density at radius 1 is 0.742 bits per heavy atom. The van der Waals surface area contributed by atoms with Crippen LogP contribution >= 0.6 is 7.82 Å². The molecule has 1 aromatic carbocycles. The maximum Gasteiger partial charge on any atom is 0.472 e. The second-order valence-electron chi connectivity index (χ2n) is 17.0. The third kappa shape index (κ3) is 25.5. The molecule has 2 aromatic rings. The molecule has 2 rings (SSSR count). The monoisotopic (exact) mass is 893 g/mol. The van der Waals surface area contributed by atoms with Crippen LogP contribution in [-0.4, -0.2) is 85.9 Å². The Balaban J connectivity index is 1.80. The SMILES string of the molecule is CCCCCCCCCCCCCC(=O)N[C@H](COCC[C@@H](CCCCCCC)OC)COP(=O)(O)OCCNC(=O)[C@@H](NC(=O)CCCc1c[nH]c2ccccc12)[C@@H](C)CC. The number of phosphoric acid groups is 1. The Morgan fingerprint density at radius 2 is 1.35 bits per heavy atom. The van der Waals surface area contributed by atoms with Gasteiger partial charge in [-0.25, -0.2) is 4.57 Å². The van der Waals surface area contributed by atoms with Crippen LogP contribution in [0.1, 0.15) is 175 Å². The van der Waals surface area contributed by atoms with Crippen molar-refractivity contribution in [2.75, 3.05) is 40.1 Å². The van der Waals surface area contributed by atoms with Crippen molar-refractivity contribution in [2.24, 2.45) is 5.92 Å². The van der Waals surface area contributed by atoms with Gasteiger partial charge in [0.2, 0.25) is 17.7 Å². The van der Waals surface area contributed by atoms with Gasteiger partial charge in [0.15, 0.2) is 0 Å². The average molecular weight is 893 g/mol. The summed E-state index contributed by atoms with van der Waals surface area (Å²) in [6, 6.07) is 6.61. The third-order valence-corrected chi connectivity index (χ3v) is 12.7. The highest BCUT2D eigenvalue weighted by atomic mass is 31.2. The van der Waals surface area contributed by atoms with Crippen LogP contribution in [0.25, 0.3) is 10.9 Å². The van der Waals surface area contributed by atoms with Gasteiger partial charge in [0.25, 0.3) is 0 Å². The molecule has 0 bridgehead atoms. The summed E-state index contributed by atoms with van der Waals surface area (Å²) in [6.45, 7) is 8.12. The number of rotatable bonds is 40. The number of aryl methyl sites for hydroxylation is 1. The normalized spacial score (nSPS) is 14.5. The Morgan fingerprint density at radius 3 is 2.02 bits per heavy atom. The molecule has 356 valence electrons. The predicted octanol–water partition coefficient (Wildman–Crippen LogP) is 10.2. The number of H-pyrrole nitrogens is 1. The van der Waals surface area contributed by atoms with Crippen LogP contribution in [-0.2, 0) is 43.9 Å². The molecule has 14 heteroatoms. The molecule has 3 amide bonds. The van der Waals surface area contributed by atoms with Crippen LogP contribution in [0.2, 0.25) is 0 Å². The van der Waals surface area contributed by atoms with E-state index in [1.165, 1.54) is 77.0 Å². The zero-order valence-electron chi connectivity index (χ0n) is 39.2. The zero-order chi connectivity index (χ0) is 45.3. The number of hydrogen-bond acceptors (Lipinski definition) is 8. The van der Waals surface area contributed by atoms with Crippen molar-refractivity contribution in [1.29, 1.82) is 0 Å². The summed E-state index contributed by atoms with van der Waals surface area (Å²) >= 11 is 0. The fourth-order valence-electron chi connectivity index (χ4n) is 7.57. The largest absolute Gasteiger partial charge is 0.472 e. The number of ether oxygens (including phenoxy) is 2. The van der Waals surface area contributed by atoms with E-state index in [-0.39, 0.29) is 56.6 Å². The Kier molecular flexibility index (Phi) is 30.9. The topological polar surface area (TPSA) is 177 Å². The lowest BCUT2D eigenvalue weighted by atomic mass is 9.98. The zero-order valence-corrected chi connectivity index (χ0v) is 40.0. The number of amides is 3. The van der Waals surface area contributed by atoms with Crippen LogP contribution in [0.4, 0.5) is 0 Å². The van der Waals surface area contributed by atoms with E-state index >= 15 is 0 Å². The summed E-state index contributed by atoms with van der Waals surface area (Å²) in [7, 11) is -2.84. The van der Waals surface area contributed by atoms with Gasteiger partial charge in [-0.05, 0) is 49.7 Å². The molecule has 0 aliphatic carbocycles. The predicted molar refractivity (Wildman–Crippen MR) is 250 cm³/mol. The lowest BCUT2D eigenvalue weighted by molar-refractivity contribution is -0.130. The number of hydrogen-bond donors (Lipinski definition) is 5. The third-order valence-electron chi connectivity index (χ3n) is 11.7. The van der Waals surface area contributed by atoms with Crippen LogP contribution in [0.5, 0.6) is 0 Å². The minimum atomic E-state index is -4.55. The summed E-state index contributed by atoms with van der Waals surface area (Å²) in [6.07, 6.45) is 25.4. The number of benzene rings is 1. The summed E-state index contributed by atoms with van der Waals surface area (Å²) in [4.78, 5) is 52.8. The molecule has 0 saturated heterocycles. The van der Waals surface area contributed by atoms with Gasteiger partial charge in [0.1, 0.15) is 6.04 Å². The molecule has 0 aliphatic rings. The molecule has 0 radical (unpaired) electrons. The molecule has 1 heterocycles. The number of phosphoric ester groups is 1. The molecule has 5 atom stereocenters. The Labute approximate surface area is 374 Å². The highest BCUT2D eigenvalue weighted by Gasteiger charge is 2.27. The van der Waals surface area contributed by atoms with Gasteiger partial charge < -0.3 is 35.3 Å². The Bertz CT molecular complexity index is 1520. The molecule has 5 N–H and O–H groups in total. The minimum Gasteiger partial charge on any atom is -0.381 e. The quantitative estimate of drug-likeness (QED) is 0.0322. The van der Waals surface area contributed by atoms with E-state index in [1.54, 1.807) is 7.11 Å². The number of fused-ring (bicyclic) bond motifs is 1.